The van der Waals surface area contributed by atoms with Crippen molar-refractivity contribution in [3.8, 4) is 0 Å². The molecule has 0 aromatic rings. The fraction of sp³-hybridized carbons (Fsp3) is 0.429. The molecule has 122 valence electrons. The number of carboxylic acids is 1. The summed E-state index contributed by atoms with van der Waals surface area (Å²) in [6.07, 6.45) is 0.970. The van der Waals surface area contributed by atoms with Crippen LogP contribution in [0.5, 0.6) is 0 Å². The van der Waals surface area contributed by atoms with Crippen LogP contribution < -0.4 is 0 Å². The second-order valence-corrected chi connectivity index (χ2v) is 4.00. The number of unbranched alkanes of at least 4 members (excludes halogenated alkanes) is 1. The van der Waals surface area contributed by atoms with E-state index in [9.17, 15) is 19.2 Å². The summed E-state index contributed by atoms with van der Waals surface area (Å²) in [7, 11) is 0. The predicted octanol–water partition coefficient (Wildman–Crippen LogP) is 0.959. The molecule has 0 aromatic carbocycles. The zero-order valence-corrected chi connectivity index (χ0v) is 12.0. The average Bonchev–Trinajstić information content (AvgIpc) is 2.48. The molecule has 0 radical (unpaired) electrons. The summed E-state index contributed by atoms with van der Waals surface area (Å²) in [6, 6.07) is 0. The van der Waals surface area contributed by atoms with Crippen molar-refractivity contribution in [3.63, 3.8) is 0 Å². The summed E-state index contributed by atoms with van der Waals surface area (Å²) in [6.45, 7) is 5.89. The molecule has 8 heteroatoms. The number of ether oxygens (including phenoxy) is 3. The topological polar surface area (TPSA) is 116 Å². The molecule has 0 rings (SSSR count). The molecule has 0 aliphatic heterocycles. The van der Waals surface area contributed by atoms with Gasteiger partial charge in [0.15, 0.2) is 6.61 Å². The first-order chi connectivity index (χ1) is 10.4. The molecule has 1 N–H and O–H groups in total. The molecule has 8 nitrogen and oxygen atoms in total. The van der Waals surface area contributed by atoms with Crippen molar-refractivity contribution >= 4 is 23.9 Å². The SMILES string of the molecule is C=CC(=O)OC(COC(=O)CCCCC(=O)O)OC(=O)C=C. The lowest BCUT2D eigenvalue weighted by Crippen LogP contribution is -2.29. The highest BCUT2D eigenvalue weighted by Crippen LogP contribution is 2.04. The van der Waals surface area contributed by atoms with E-state index in [1.54, 1.807) is 0 Å². The van der Waals surface area contributed by atoms with E-state index in [0.29, 0.717) is 12.8 Å². The minimum Gasteiger partial charge on any atom is -0.481 e. The Balaban J connectivity index is 4.18. The molecule has 0 aliphatic carbocycles. The van der Waals surface area contributed by atoms with Gasteiger partial charge in [0, 0.05) is 25.0 Å². The van der Waals surface area contributed by atoms with Crippen molar-refractivity contribution in [2.75, 3.05) is 6.61 Å². The standard InChI is InChI=1S/C14H18O8/c1-3-11(17)21-14(22-12(18)4-2)9-20-13(19)8-6-5-7-10(15)16/h3-4,14H,1-2,5-9H2,(H,15,16). The molecule has 0 aliphatic rings. The van der Waals surface area contributed by atoms with Crippen LogP contribution >= 0.6 is 0 Å². The maximum absolute atomic E-state index is 11.4. The van der Waals surface area contributed by atoms with Crippen LogP contribution in [0.25, 0.3) is 0 Å². The molecule has 22 heavy (non-hydrogen) atoms. The first-order valence-electron chi connectivity index (χ1n) is 6.42. The Labute approximate surface area is 127 Å². The van der Waals surface area contributed by atoms with Crippen LogP contribution in [0.3, 0.4) is 0 Å². The number of rotatable bonds is 11. The maximum Gasteiger partial charge on any atom is 0.333 e. The van der Waals surface area contributed by atoms with Gasteiger partial charge >= 0.3 is 23.9 Å². The van der Waals surface area contributed by atoms with E-state index < -0.39 is 36.8 Å². The van der Waals surface area contributed by atoms with Gasteiger partial charge in [0.2, 0.25) is 0 Å². The van der Waals surface area contributed by atoms with E-state index in [0.717, 1.165) is 12.2 Å². The lowest BCUT2D eigenvalue weighted by molar-refractivity contribution is -0.193. The van der Waals surface area contributed by atoms with Gasteiger partial charge < -0.3 is 19.3 Å². The van der Waals surface area contributed by atoms with Crippen LogP contribution in [-0.4, -0.2) is 41.9 Å². The molecule has 0 aromatic heterocycles. The van der Waals surface area contributed by atoms with Gasteiger partial charge in [0.25, 0.3) is 6.29 Å². The van der Waals surface area contributed by atoms with Crippen molar-refractivity contribution in [2.24, 2.45) is 0 Å². The molecular formula is C14H18O8. The Morgan fingerprint density at radius 3 is 1.91 bits per heavy atom. The quantitative estimate of drug-likeness (QED) is 0.259. The summed E-state index contributed by atoms with van der Waals surface area (Å²) in [5.74, 6) is -3.26. The third-order valence-electron chi connectivity index (χ3n) is 2.23. The average molecular weight is 314 g/mol. The van der Waals surface area contributed by atoms with Crippen molar-refractivity contribution in [1.29, 1.82) is 0 Å². The van der Waals surface area contributed by atoms with Crippen molar-refractivity contribution in [2.45, 2.75) is 32.0 Å². The highest BCUT2D eigenvalue weighted by atomic mass is 16.7. The molecule has 0 saturated carbocycles. The van der Waals surface area contributed by atoms with Crippen LogP contribution in [0, 0.1) is 0 Å². The largest absolute Gasteiger partial charge is 0.481 e. The summed E-state index contributed by atoms with van der Waals surface area (Å²) >= 11 is 0. The molecule has 0 fully saturated rings. The predicted molar refractivity (Wildman–Crippen MR) is 73.4 cm³/mol. The minimum absolute atomic E-state index is 0.00477. The Hall–Kier alpha value is -2.64. The van der Waals surface area contributed by atoms with Crippen molar-refractivity contribution in [1.82, 2.24) is 0 Å². The molecule has 0 atom stereocenters. The van der Waals surface area contributed by atoms with E-state index in [1.165, 1.54) is 0 Å². The minimum atomic E-state index is -1.40. The Kier molecular flexibility index (Phi) is 9.74. The first-order valence-corrected chi connectivity index (χ1v) is 6.42. The van der Waals surface area contributed by atoms with Crippen LogP contribution in [0.4, 0.5) is 0 Å². The number of carboxylic acid groups (broad SMARTS) is 1. The van der Waals surface area contributed by atoms with Gasteiger partial charge in [-0.2, -0.15) is 0 Å². The van der Waals surface area contributed by atoms with Gasteiger partial charge in [-0.3, -0.25) is 9.59 Å². The van der Waals surface area contributed by atoms with E-state index in [4.69, 9.17) is 9.84 Å². The number of aliphatic carboxylic acids is 1. The van der Waals surface area contributed by atoms with Gasteiger partial charge in [-0.25, -0.2) is 9.59 Å². The second-order valence-electron chi connectivity index (χ2n) is 4.00. The maximum atomic E-state index is 11.4. The molecule has 0 bridgehead atoms. The normalized spacial score (nSPS) is 9.68. The van der Waals surface area contributed by atoms with Crippen LogP contribution in [-0.2, 0) is 33.4 Å². The van der Waals surface area contributed by atoms with Gasteiger partial charge in [-0.15, -0.1) is 0 Å². The van der Waals surface area contributed by atoms with Crippen LogP contribution in [0.2, 0.25) is 0 Å². The third-order valence-corrected chi connectivity index (χ3v) is 2.23. The Bertz CT molecular complexity index is 418. The molecule has 0 heterocycles. The molecule has 0 saturated heterocycles. The summed E-state index contributed by atoms with van der Waals surface area (Å²) < 4.78 is 14.1. The molecule has 0 spiro atoms. The third kappa shape index (κ3) is 10.2. The van der Waals surface area contributed by atoms with E-state index in [2.05, 4.69) is 22.6 Å². The number of carbonyl (C=O) groups excluding carboxylic acids is 3. The number of hydrogen-bond acceptors (Lipinski definition) is 7. The number of hydrogen-bond donors (Lipinski definition) is 1. The lowest BCUT2D eigenvalue weighted by Gasteiger charge is -2.16. The van der Waals surface area contributed by atoms with Gasteiger partial charge in [0.1, 0.15) is 0 Å². The van der Waals surface area contributed by atoms with Crippen LogP contribution in [0.15, 0.2) is 25.3 Å². The zero-order chi connectivity index (χ0) is 17.0. The fourth-order valence-electron chi connectivity index (χ4n) is 1.23. The first kappa shape index (κ1) is 19.4. The smallest absolute Gasteiger partial charge is 0.333 e. The second kappa shape index (κ2) is 11.1. The summed E-state index contributed by atoms with van der Waals surface area (Å²) in [5, 5.41) is 8.44. The summed E-state index contributed by atoms with van der Waals surface area (Å²) in [5.41, 5.74) is 0. The highest BCUT2D eigenvalue weighted by Gasteiger charge is 2.19. The molecule has 0 unspecified atom stereocenters. The number of esters is 3. The highest BCUT2D eigenvalue weighted by molar-refractivity contribution is 5.83. The Morgan fingerprint density at radius 1 is 0.955 bits per heavy atom. The monoisotopic (exact) mass is 314 g/mol. The van der Waals surface area contributed by atoms with Crippen LogP contribution in [0.1, 0.15) is 25.7 Å². The zero-order valence-electron chi connectivity index (χ0n) is 12.0. The van der Waals surface area contributed by atoms with Gasteiger partial charge in [-0.05, 0) is 12.8 Å². The number of carbonyl (C=O) groups is 4. The summed E-state index contributed by atoms with van der Waals surface area (Å²) in [4.78, 5) is 43.8. The van der Waals surface area contributed by atoms with Crippen molar-refractivity contribution < 1.29 is 38.5 Å². The van der Waals surface area contributed by atoms with Gasteiger partial charge in [0.05, 0.1) is 0 Å². The Morgan fingerprint density at radius 2 is 1.45 bits per heavy atom. The fourth-order valence-corrected chi connectivity index (χ4v) is 1.23. The van der Waals surface area contributed by atoms with Crippen molar-refractivity contribution in [3.05, 3.63) is 25.3 Å². The van der Waals surface area contributed by atoms with Gasteiger partial charge in [-0.1, -0.05) is 13.2 Å². The van der Waals surface area contributed by atoms with E-state index >= 15 is 0 Å². The van der Waals surface area contributed by atoms with E-state index in [1.807, 2.05) is 0 Å². The lowest BCUT2D eigenvalue weighted by atomic mass is 10.2. The molecular weight excluding hydrogens is 296 g/mol. The van der Waals surface area contributed by atoms with E-state index in [-0.39, 0.29) is 12.8 Å². The molecule has 0 amide bonds.